The molecule has 5 nitrogen and oxygen atoms in total. The summed E-state index contributed by atoms with van der Waals surface area (Å²) in [6.45, 7) is 6.09. The first-order chi connectivity index (χ1) is 15.0. The average Bonchev–Trinajstić information content (AvgIpc) is 3.07. The van der Waals surface area contributed by atoms with Gasteiger partial charge in [-0.05, 0) is 44.5 Å². The van der Waals surface area contributed by atoms with E-state index in [4.69, 9.17) is 0 Å². The Morgan fingerprint density at radius 1 is 0.871 bits per heavy atom. The molecule has 0 unspecified atom stereocenters. The first-order valence-electron chi connectivity index (χ1n) is 10.3. The van der Waals surface area contributed by atoms with Crippen LogP contribution in [0.15, 0.2) is 78.9 Å². The van der Waals surface area contributed by atoms with E-state index >= 15 is 0 Å². The van der Waals surface area contributed by atoms with Crippen LogP contribution in [0.3, 0.4) is 0 Å². The zero-order valence-corrected chi connectivity index (χ0v) is 18.0. The van der Waals surface area contributed by atoms with Crippen molar-refractivity contribution in [3.8, 4) is 16.8 Å². The molecule has 0 atom stereocenters. The molecular weight excluding hydrogens is 384 g/mol. The molecule has 0 fully saturated rings. The molecule has 31 heavy (non-hydrogen) atoms. The van der Waals surface area contributed by atoms with Crippen LogP contribution in [-0.4, -0.2) is 22.2 Å². The van der Waals surface area contributed by atoms with Crippen LogP contribution in [0.5, 0.6) is 0 Å². The summed E-state index contributed by atoms with van der Waals surface area (Å²) in [7, 11) is 0. The van der Waals surface area contributed by atoms with E-state index in [1.165, 1.54) is 5.56 Å². The molecular formula is C26H26N4O. The van der Waals surface area contributed by atoms with Gasteiger partial charge >= 0.3 is 0 Å². The van der Waals surface area contributed by atoms with Crippen LogP contribution in [0.25, 0.3) is 16.8 Å². The van der Waals surface area contributed by atoms with Crippen molar-refractivity contribution in [3.05, 3.63) is 95.8 Å². The maximum atomic E-state index is 12.7. The van der Waals surface area contributed by atoms with E-state index in [1.807, 2.05) is 67.1 Å². The summed E-state index contributed by atoms with van der Waals surface area (Å²) in [5.41, 5.74) is 7.71. The Labute approximate surface area is 182 Å². The molecule has 4 rings (SSSR count). The van der Waals surface area contributed by atoms with Crippen molar-refractivity contribution in [1.82, 2.24) is 9.78 Å². The highest BCUT2D eigenvalue weighted by Gasteiger charge is 2.15. The summed E-state index contributed by atoms with van der Waals surface area (Å²) >= 11 is 0. The third kappa shape index (κ3) is 4.51. The van der Waals surface area contributed by atoms with Gasteiger partial charge in [0, 0.05) is 11.3 Å². The summed E-state index contributed by atoms with van der Waals surface area (Å²) < 4.78 is 1.86. The van der Waals surface area contributed by atoms with Crippen molar-refractivity contribution in [2.75, 3.05) is 17.2 Å². The van der Waals surface area contributed by atoms with Crippen LogP contribution in [0.2, 0.25) is 0 Å². The van der Waals surface area contributed by atoms with E-state index in [-0.39, 0.29) is 12.5 Å². The lowest BCUT2D eigenvalue weighted by molar-refractivity contribution is -0.114. The summed E-state index contributed by atoms with van der Waals surface area (Å²) in [5, 5.41) is 10.9. The minimum Gasteiger partial charge on any atom is -0.376 e. The summed E-state index contributed by atoms with van der Waals surface area (Å²) in [5.74, 6) is -0.113. The molecule has 0 aliphatic carbocycles. The molecule has 156 valence electrons. The average molecular weight is 411 g/mol. The molecule has 1 heterocycles. The topological polar surface area (TPSA) is 59.0 Å². The lowest BCUT2D eigenvalue weighted by Crippen LogP contribution is -2.22. The second-order valence-electron chi connectivity index (χ2n) is 7.61. The van der Waals surface area contributed by atoms with Crippen LogP contribution < -0.4 is 10.6 Å². The zero-order chi connectivity index (χ0) is 21.8. The van der Waals surface area contributed by atoms with Gasteiger partial charge in [-0.25, -0.2) is 4.68 Å². The van der Waals surface area contributed by atoms with E-state index < -0.39 is 0 Å². The fourth-order valence-corrected chi connectivity index (χ4v) is 3.63. The quantitative estimate of drug-likeness (QED) is 0.440. The number of benzene rings is 3. The fourth-order valence-electron chi connectivity index (χ4n) is 3.63. The number of nitrogens with one attached hydrogen (secondary N) is 2. The predicted octanol–water partition coefficient (Wildman–Crippen LogP) is 5.52. The van der Waals surface area contributed by atoms with Crippen molar-refractivity contribution in [2.45, 2.75) is 20.8 Å². The summed E-state index contributed by atoms with van der Waals surface area (Å²) in [6.07, 6.45) is 0. The lowest BCUT2D eigenvalue weighted by atomic mass is 10.0. The Hall–Kier alpha value is -3.86. The van der Waals surface area contributed by atoms with Crippen molar-refractivity contribution in [2.24, 2.45) is 0 Å². The lowest BCUT2D eigenvalue weighted by Gasteiger charge is -2.13. The molecule has 0 saturated carbocycles. The van der Waals surface area contributed by atoms with Gasteiger partial charge in [0.15, 0.2) is 0 Å². The van der Waals surface area contributed by atoms with Crippen molar-refractivity contribution in [3.63, 3.8) is 0 Å². The van der Waals surface area contributed by atoms with Crippen LogP contribution >= 0.6 is 0 Å². The first kappa shape index (κ1) is 20.4. The Morgan fingerprint density at radius 3 is 2.29 bits per heavy atom. The van der Waals surface area contributed by atoms with Crippen LogP contribution in [-0.2, 0) is 4.79 Å². The molecule has 0 bridgehead atoms. The van der Waals surface area contributed by atoms with E-state index in [2.05, 4.69) is 53.0 Å². The molecule has 0 saturated heterocycles. The number of carbonyl (C=O) groups excluding carboxylic acids is 1. The highest BCUT2D eigenvalue weighted by Crippen LogP contribution is 2.27. The molecule has 3 aromatic carbocycles. The molecule has 0 spiro atoms. The molecule has 5 heteroatoms. The standard InChI is InChI=1S/C26H26N4O/c1-18-13-15-22(16-14-18)30-20(3)26(19(2)29-30)28-25(31)17-27-24-12-8-7-11-23(24)21-9-5-4-6-10-21/h4-16,27H,17H2,1-3H3,(H,28,31). The second kappa shape index (κ2) is 8.88. The number of nitrogens with zero attached hydrogens (tertiary/aromatic N) is 2. The third-order valence-electron chi connectivity index (χ3n) is 5.29. The summed E-state index contributed by atoms with van der Waals surface area (Å²) in [4.78, 5) is 12.7. The number of hydrogen-bond acceptors (Lipinski definition) is 3. The SMILES string of the molecule is Cc1ccc(-n2nc(C)c(NC(=O)CNc3ccccc3-c3ccccc3)c2C)cc1. The van der Waals surface area contributed by atoms with Crippen LogP contribution in [0.4, 0.5) is 11.4 Å². The fraction of sp³-hybridized carbons (Fsp3) is 0.154. The third-order valence-corrected chi connectivity index (χ3v) is 5.29. The molecule has 2 N–H and O–H groups in total. The Kier molecular flexibility index (Phi) is 5.85. The minimum absolute atomic E-state index is 0.113. The maximum absolute atomic E-state index is 12.7. The van der Waals surface area contributed by atoms with Gasteiger partial charge in [0.2, 0.25) is 5.91 Å². The molecule has 4 aromatic rings. The highest BCUT2D eigenvalue weighted by molar-refractivity contribution is 5.95. The number of aryl methyl sites for hydroxylation is 2. The number of hydrogen-bond donors (Lipinski definition) is 2. The van der Waals surface area contributed by atoms with Gasteiger partial charge in [0.05, 0.1) is 29.3 Å². The predicted molar refractivity (Wildman–Crippen MR) is 127 cm³/mol. The number of anilines is 2. The Bertz CT molecular complexity index is 1190. The first-order valence-corrected chi connectivity index (χ1v) is 10.3. The minimum atomic E-state index is -0.113. The normalized spacial score (nSPS) is 10.7. The molecule has 0 aliphatic rings. The van der Waals surface area contributed by atoms with Crippen molar-refractivity contribution in [1.29, 1.82) is 0 Å². The van der Waals surface area contributed by atoms with Gasteiger partial charge in [0.25, 0.3) is 0 Å². The largest absolute Gasteiger partial charge is 0.376 e. The van der Waals surface area contributed by atoms with E-state index in [0.717, 1.165) is 39.6 Å². The van der Waals surface area contributed by atoms with Gasteiger partial charge in [-0.3, -0.25) is 4.79 Å². The van der Waals surface area contributed by atoms with Crippen LogP contribution in [0.1, 0.15) is 17.0 Å². The molecule has 0 aliphatic heterocycles. The van der Waals surface area contributed by atoms with Gasteiger partial charge < -0.3 is 10.6 Å². The number of aromatic nitrogens is 2. The highest BCUT2D eigenvalue weighted by atomic mass is 16.1. The second-order valence-corrected chi connectivity index (χ2v) is 7.61. The number of carbonyl (C=O) groups is 1. The Morgan fingerprint density at radius 2 is 1.55 bits per heavy atom. The number of amides is 1. The van der Waals surface area contributed by atoms with E-state index in [9.17, 15) is 4.79 Å². The van der Waals surface area contributed by atoms with Gasteiger partial charge in [-0.1, -0.05) is 66.2 Å². The molecule has 1 amide bonds. The summed E-state index contributed by atoms with van der Waals surface area (Å²) in [6, 6.07) is 26.3. The molecule has 1 aromatic heterocycles. The number of para-hydroxylation sites is 1. The van der Waals surface area contributed by atoms with Gasteiger partial charge in [0.1, 0.15) is 0 Å². The van der Waals surface area contributed by atoms with Gasteiger partial charge in [-0.2, -0.15) is 5.10 Å². The zero-order valence-electron chi connectivity index (χ0n) is 18.0. The Balaban J connectivity index is 1.48. The van der Waals surface area contributed by atoms with E-state index in [1.54, 1.807) is 0 Å². The molecule has 0 radical (unpaired) electrons. The van der Waals surface area contributed by atoms with Crippen molar-refractivity contribution >= 4 is 17.3 Å². The maximum Gasteiger partial charge on any atom is 0.243 e. The number of rotatable bonds is 6. The van der Waals surface area contributed by atoms with Crippen LogP contribution in [0, 0.1) is 20.8 Å². The van der Waals surface area contributed by atoms with Crippen molar-refractivity contribution < 1.29 is 4.79 Å². The van der Waals surface area contributed by atoms with Gasteiger partial charge in [-0.15, -0.1) is 0 Å². The monoisotopic (exact) mass is 410 g/mol. The smallest absolute Gasteiger partial charge is 0.243 e. The van der Waals surface area contributed by atoms with E-state index in [0.29, 0.717) is 0 Å².